The molecule has 1 aromatic heterocycles. The van der Waals surface area contributed by atoms with Gasteiger partial charge in [-0.2, -0.15) is 0 Å². The second-order valence-electron chi connectivity index (χ2n) is 4.09. The van der Waals surface area contributed by atoms with Crippen LogP contribution in [0.5, 0.6) is 0 Å². The zero-order chi connectivity index (χ0) is 11.6. The number of hydrogen-bond acceptors (Lipinski definition) is 4. The highest BCUT2D eigenvalue weighted by Crippen LogP contribution is 2.05. The number of nitrogens with one attached hydrogen (secondary N) is 1. The second-order valence-corrected chi connectivity index (χ2v) is 4.09. The minimum Gasteiger partial charge on any atom is -0.348 e. The standard InChI is InChI=1S/C10H18N4O.ClH/c1-7-8(6-13(2)3)9(15)12-10(11-7)14(4)5;/h6H2,1-5H3,(H,11,12,15);1H. The highest BCUT2D eigenvalue weighted by atomic mass is 35.5. The van der Waals surface area contributed by atoms with E-state index in [1.165, 1.54) is 0 Å². The average Bonchev–Trinajstić information content (AvgIpc) is 2.10. The van der Waals surface area contributed by atoms with Crippen molar-refractivity contribution in [2.45, 2.75) is 13.5 Å². The molecule has 0 radical (unpaired) electrons. The maximum atomic E-state index is 11.8. The van der Waals surface area contributed by atoms with Crippen LogP contribution in [-0.4, -0.2) is 43.1 Å². The Morgan fingerprint density at radius 3 is 2.19 bits per heavy atom. The molecule has 1 rings (SSSR count). The number of nitrogens with zero attached hydrogens (tertiary/aromatic N) is 3. The van der Waals surface area contributed by atoms with Crippen LogP contribution in [0.1, 0.15) is 11.3 Å². The third-order valence-electron chi connectivity index (χ3n) is 2.11. The highest BCUT2D eigenvalue weighted by molar-refractivity contribution is 5.85. The van der Waals surface area contributed by atoms with Gasteiger partial charge in [0.15, 0.2) is 0 Å². The molecule has 0 saturated heterocycles. The van der Waals surface area contributed by atoms with Crippen LogP contribution < -0.4 is 10.5 Å². The molecular formula is C10H19ClN4O. The van der Waals surface area contributed by atoms with Crippen molar-refractivity contribution >= 4 is 18.4 Å². The minimum atomic E-state index is -0.0556. The fourth-order valence-corrected chi connectivity index (χ4v) is 1.31. The topological polar surface area (TPSA) is 52.2 Å². The number of halogens is 1. The second kappa shape index (κ2) is 5.86. The smallest absolute Gasteiger partial charge is 0.257 e. The van der Waals surface area contributed by atoms with E-state index in [2.05, 4.69) is 9.97 Å². The molecule has 1 aromatic rings. The van der Waals surface area contributed by atoms with E-state index < -0.39 is 0 Å². The summed E-state index contributed by atoms with van der Waals surface area (Å²) in [6.07, 6.45) is 0. The molecule has 5 nitrogen and oxygen atoms in total. The van der Waals surface area contributed by atoms with Crippen LogP contribution >= 0.6 is 12.4 Å². The van der Waals surface area contributed by atoms with Gasteiger partial charge in [0.1, 0.15) is 0 Å². The van der Waals surface area contributed by atoms with Gasteiger partial charge in [0.05, 0.1) is 11.3 Å². The summed E-state index contributed by atoms with van der Waals surface area (Å²) in [7, 11) is 7.56. The normalized spacial score (nSPS) is 10.1. The van der Waals surface area contributed by atoms with Gasteiger partial charge in [0.2, 0.25) is 5.95 Å². The van der Waals surface area contributed by atoms with Gasteiger partial charge in [0, 0.05) is 20.6 Å². The number of aromatic nitrogens is 2. The van der Waals surface area contributed by atoms with Crippen LogP contribution in [0.4, 0.5) is 5.95 Å². The molecule has 0 aliphatic rings. The summed E-state index contributed by atoms with van der Waals surface area (Å²) in [6.45, 7) is 2.48. The predicted octanol–water partition coefficient (Wildman–Crippen LogP) is 0.628. The van der Waals surface area contributed by atoms with E-state index in [9.17, 15) is 4.79 Å². The van der Waals surface area contributed by atoms with Crippen LogP contribution in [0, 0.1) is 6.92 Å². The Morgan fingerprint density at radius 2 is 1.81 bits per heavy atom. The minimum absolute atomic E-state index is 0. The van der Waals surface area contributed by atoms with Crippen molar-refractivity contribution in [3.8, 4) is 0 Å². The summed E-state index contributed by atoms with van der Waals surface area (Å²) in [5.41, 5.74) is 1.46. The average molecular weight is 247 g/mol. The lowest BCUT2D eigenvalue weighted by Gasteiger charge is -2.15. The van der Waals surface area contributed by atoms with Crippen LogP contribution in [0.3, 0.4) is 0 Å². The van der Waals surface area contributed by atoms with Gasteiger partial charge in [-0.3, -0.25) is 9.78 Å². The van der Waals surface area contributed by atoms with Crippen LogP contribution in [-0.2, 0) is 6.54 Å². The molecule has 0 amide bonds. The van der Waals surface area contributed by atoms with Crippen molar-refractivity contribution < 1.29 is 0 Å². The summed E-state index contributed by atoms with van der Waals surface area (Å²) in [5.74, 6) is 0.597. The molecular weight excluding hydrogens is 228 g/mol. The lowest BCUT2D eigenvalue weighted by Crippen LogP contribution is -2.26. The summed E-state index contributed by atoms with van der Waals surface area (Å²) >= 11 is 0. The zero-order valence-corrected chi connectivity index (χ0v) is 11.2. The van der Waals surface area contributed by atoms with Gasteiger partial charge < -0.3 is 9.80 Å². The predicted molar refractivity (Wildman–Crippen MR) is 68.6 cm³/mol. The van der Waals surface area contributed by atoms with E-state index in [1.807, 2.05) is 40.0 Å². The molecule has 16 heavy (non-hydrogen) atoms. The lowest BCUT2D eigenvalue weighted by molar-refractivity contribution is 0.398. The first-order chi connectivity index (χ1) is 6.91. The summed E-state index contributed by atoms with van der Waals surface area (Å²) < 4.78 is 0. The SMILES string of the molecule is Cc1nc(N(C)C)[nH]c(=O)c1CN(C)C.Cl. The first-order valence-corrected chi connectivity index (χ1v) is 4.83. The first kappa shape index (κ1) is 14.9. The van der Waals surface area contributed by atoms with E-state index in [1.54, 1.807) is 4.90 Å². The maximum Gasteiger partial charge on any atom is 0.257 e. The summed E-state index contributed by atoms with van der Waals surface area (Å²) in [4.78, 5) is 22.6. The molecule has 1 heterocycles. The quantitative estimate of drug-likeness (QED) is 0.850. The number of aryl methyl sites for hydroxylation is 1. The molecule has 0 atom stereocenters. The number of hydrogen-bond donors (Lipinski definition) is 1. The van der Waals surface area contributed by atoms with Crippen LogP contribution in [0.15, 0.2) is 4.79 Å². The molecule has 0 saturated carbocycles. The van der Waals surface area contributed by atoms with Crippen molar-refractivity contribution in [3.05, 3.63) is 21.6 Å². The molecule has 0 spiro atoms. The number of aromatic amines is 1. The van der Waals surface area contributed by atoms with E-state index in [-0.39, 0.29) is 18.0 Å². The maximum absolute atomic E-state index is 11.8. The molecule has 6 heteroatoms. The Kier molecular flexibility index (Phi) is 5.47. The molecule has 0 bridgehead atoms. The molecule has 0 fully saturated rings. The first-order valence-electron chi connectivity index (χ1n) is 4.83. The molecule has 92 valence electrons. The molecule has 0 aliphatic carbocycles. The number of H-pyrrole nitrogens is 1. The summed E-state index contributed by atoms with van der Waals surface area (Å²) in [5, 5.41) is 0. The Hall–Kier alpha value is -1.07. The monoisotopic (exact) mass is 246 g/mol. The zero-order valence-electron chi connectivity index (χ0n) is 10.4. The fourth-order valence-electron chi connectivity index (χ4n) is 1.31. The Balaban J connectivity index is 0.00000225. The third kappa shape index (κ3) is 3.50. The van der Waals surface area contributed by atoms with Crippen molar-refractivity contribution in [2.24, 2.45) is 0 Å². The van der Waals surface area contributed by atoms with E-state index >= 15 is 0 Å². The van der Waals surface area contributed by atoms with E-state index in [4.69, 9.17) is 0 Å². The number of anilines is 1. The molecule has 0 aliphatic heterocycles. The van der Waals surface area contributed by atoms with Crippen LogP contribution in [0.2, 0.25) is 0 Å². The van der Waals surface area contributed by atoms with Crippen molar-refractivity contribution in [2.75, 3.05) is 33.1 Å². The summed E-state index contributed by atoms with van der Waals surface area (Å²) in [6, 6.07) is 0. The van der Waals surface area contributed by atoms with Crippen molar-refractivity contribution in [3.63, 3.8) is 0 Å². The molecule has 0 unspecified atom stereocenters. The van der Waals surface area contributed by atoms with Crippen molar-refractivity contribution in [1.82, 2.24) is 14.9 Å². The Bertz CT molecular complexity index is 400. The van der Waals surface area contributed by atoms with Gasteiger partial charge in [-0.15, -0.1) is 12.4 Å². The Morgan fingerprint density at radius 1 is 1.25 bits per heavy atom. The lowest BCUT2D eigenvalue weighted by atomic mass is 10.2. The van der Waals surface area contributed by atoms with Gasteiger partial charge >= 0.3 is 0 Å². The number of rotatable bonds is 3. The van der Waals surface area contributed by atoms with E-state index in [0.29, 0.717) is 12.5 Å². The van der Waals surface area contributed by atoms with Gasteiger partial charge in [-0.05, 0) is 21.0 Å². The van der Waals surface area contributed by atoms with Gasteiger partial charge in [0.25, 0.3) is 5.56 Å². The van der Waals surface area contributed by atoms with Crippen molar-refractivity contribution in [1.29, 1.82) is 0 Å². The molecule has 0 aromatic carbocycles. The molecule has 1 N–H and O–H groups in total. The third-order valence-corrected chi connectivity index (χ3v) is 2.11. The van der Waals surface area contributed by atoms with E-state index in [0.717, 1.165) is 11.3 Å². The van der Waals surface area contributed by atoms with Crippen LogP contribution in [0.25, 0.3) is 0 Å². The van der Waals surface area contributed by atoms with Gasteiger partial charge in [-0.1, -0.05) is 0 Å². The largest absolute Gasteiger partial charge is 0.348 e. The Labute approximate surface area is 102 Å². The van der Waals surface area contributed by atoms with Gasteiger partial charge in [-0.25, -0.2) is 4.98 Å². The highest BCUT2D eigenvalue weighted by Gasteiger charge is 2.09. The fraction of sp³-hybridized carbons (Fsp3) is 0.600.